The molecule has 0 saturated carbocycles. The number of nitrogens with zero attached hydrogens (tertiary/aromatic N) is 4. The van der Waals surface area contributed by atoms with Gasteiger partial charge in [-0.1, -0.05) is 30.3 Å². The second kappa shape index (κ2) is 9.32. The minimum absolute atomic E-state index is 0.132. The van der Waals surface area contributed by atoms with E-state index in [0.717, 1.165) is 51.0 Å². The number of carbonyl (C=O) groups excluding carboxylic acids is 2. The zero-order valence-corrected chi connectivity index (χ0v) is 17.8. The number of ether oxygens (including phenoxy) is 2. The lowest BCUT2D eigenvalue weighted by atomic mass is 9.78. The van der Waals surface area contributed by atoms with E-state index in [1.54, 1.807) is 6.92 Å². The third-order valence-corrected chi connectivity index (χ3v) is 6.16. The van der Waals surface area contributed by atoms with Crippen LogP contribution in [0.2, 0.25) is 0 Å². The molecule has 2 aliphatic rings. The molecule has 1 aromatic heterocycles. The van der Waals surface area contributed by atoms with Gasteiger partial charge in [-0.25, -0.2) is 19.6 Å². The predicted molar refractivity (Wildman–Crippen MR) is 115 cm³/mol. The third-order valence-electron chi connectivity index (χ3n) is 6.16. The van der Waals surface area contributed by atoms with E-state index in [0.29, 0.717) is 24.7 Å². The highest BCUT2D eigenvalue weighted by atomic mass is 16.6. The van der Waals surface area contributed by atoms with Crippen LogP contribution >= 0.6 is 0 Å². The van der Waals surface area contributed by atoms with Gasteiger partial charge in [-0.15, -0.1) is 0 Å². The molecule has 0 radical (unpaired) electrons. The smallest absolute Gasteiger partial charge is 0.410 e. The van der Waals surface area contributed by atoms with Crippen molar-refractivity contribution in [3.63, 3.8) is 0 Å². The molecule has 0 bridgehead atoms. The van der Waals surface area contributed by atoms with Crippen molar-refractivity contribution in [3.05, 3.63) is 53.9 Å². The van der Waals surface area contributed by atoms with Crippen LogP contribution in [0.5, 0.6) is 0 Å². The highest BCUT2D eigenvalue weighted by Gasteiger charge is 2.42. The summed E-state index contributed by atoms with van der Waals surface area (Å²) in [5, 5.41) is 0. The highest BCUT2D eigenvalue weighted by molar-refractivity contribution is 5.88. The normalized spacial score (nSPS) is 17.6. The molecule has 0 unspecified atom stereocenters. The van der Waals surface area contributed by atoms with Gasteiger partial charge >= 0.3 is 12.1 Å². The van der Waals surface area contributed by atoms with E-state index in [1.165, 1.54) is 12.4 Å². The van der Waals surface area contributed by atoms with Crippen molar-refractivity contribution in [1.29, 1.82) is 0 Å². The molecule has 4 rings (SSSR count). The first kappa shape index (κ1) is 21.1. The minimum atomic E-state index is -0.406. The number of anilines is 1. The first-order valence-corrected chi connectivity index (χ1v) is 10.8. The van der Waals surface area contributed by atoms with Gasteiger partial charge < -0.3 is 19.3 Å². The van der Waals surface area contributed by atoms with Crippen molar-refractivity contribution >= 4 is 18.0 Å². The number of likely N-dealkylation sites (tertiary alicyclic amines) is 1. The van der Waals surface area contributed by atoms with E-state index in [4.69, 9.17) is 9.47 Å². The highest BCUT2D eigenvalue weighted by Crippen LogP contribution is 2.41. The summed E-state index contributed by atoms with van der Waals surface area (Å²) >= 11 is 0. The van der Waals surface area contributed by atoms with Crippen molar-refractivity contribution < 1.29 is 19.1 Å². The summed E-state index contributed by atoms with van der Waals surface area (Å²) in [4.78, 5) is 36.9. The summed E-state index contributed by atoms with van der Waals surface area (Å²) in [6, 6.07) is 9.74. The lowest BCUT2D eigenvalue weighted by Gasteiger charge is -2.39. The van der Waals surface area contributed by atoms with Crippen molar-refractivity contribution in [2.24, 2.45) is 5.41 Å². The summed E-state index contributed by atoms with van der Waals surface area (Å²) in [6.07, 6.45) is 5.73. The number of rotatable bonds is 5. The van der Waals surface area contributed by atoms with Gasteiger partial charge in [-0.3, -0.25) is 0 Å². The Kier molecular flexibility index (Phi) is 6.34. The molecule has 164 valence electrons. The second-order valence-corrected chi connectivity index (χ2v) is 8.19. The lowest BCUT2D eigenvalue weighted by molar-refractivity contribution is 0.0525. The molecule has 1 aromatic carbocycles. The quantitative estimate of drug-likeness (QED) is 0.681. The second-order valence-electron chi connectivity index (χ2n) is 8.19. The molecule has 0 aliphatic carbocycles. The fourth-order valence-corrected chi connectivity index (χ4v) is 4.30. The van der Waals surface area contributed by atoms with E-state index in [9.17, 15) is 9.59 Å². The molecule has 1 spiro atoms. The average molecular weight is 425 g/mol. The molecule has 2 aromatic rings. The Morgan fingerprint density at radius 1 is 1.00 bits per heavy atom. The molecule has 2 saturated heterocycles. The number of amides is 1. The molecule has 0 N–H and O–H groups in total. The van der Waals surface area contributed by atoms with E-state index in [-0.39, 0.29) is 11.5 Å². The van der Waals surface area contributed by atoms with Gasteiger partial charge in [0.05, 0.1) is 12.2 Å². The Morgan fingerprint density at radius 3 is 2.35 bits per heavy atom. The summed E-state index contributed by atoms with van der Waals surface area (Å²) < 4.78 is 10.5. The van der Waals surface area contributed by atoms with Crippen molar-refractivity contribution in [2.45, 2.75) is 32.8 Å². The summed E-state index contributed by atoms with van der Waals surface area (Å²) in [7, 11) is 0. The Balaban J connectivity index is 1.27. The van der Waals surface area contributed by atoms with Gasteiger partial charge in [0.15, 0.2) is 0 Å². The number of aromatic nitrogens is 2. The minimum Gasteiger partial charge on any atom is -0.462 e. The fourth-order valence-electron chi connectivity index (χ4n) is 4.30. The Hall–Kier alpha value is -3.16. The van der Waals surface area contributed by atoms with Crippen LogP contribution in [0.25, 0.3) is 0 Å². The predicted octanol–water partition coefficient (Wildman–Crippen LogP) is 3.28. The van der Waals surface area contributed by atoms with Gasteiger partial charge in [0, 0.05) is 38.6 Å². The van der Waals surface area contributed by atoms with E-state index < -0.39 is 5.97 Å². The maximum absolute atomic E-state index is 12.5. The van der Waals surface area contributed by atoms with Crippen molar-refractivity contribution in [3.8, 4) is 0 Å². The van der Waals surface area contributed by atoms with Gasteiger partial charge in [0.1, 0.15) is 6.61 Å². The van der Waals surface area contributed by atoms with Crippen molar-refractivity contribution in [1.82, 2.24) is 14.9 Å². The van der Waals surface area contributed by atoms with Crippen LogP contribution in [-0.2, 0) is 16.1 Å². The van der Waals surface area contributed by atoms with E-state index >= 15 is 0 Å². The summed E-state index contributed by atoms with van der Waals surface area (Å²) in [5.74, 6) is 0.219. The topological polar surface area (TPSA) is 84.9 Å². The molecule has 0 atom stereocenters. The first-order chi connectivity index (χ1) is 15.1. The molecule has 8 nitrogen and oxygen atoms in total. The van der Waals surface area contributed by atoms with Crippen LogP contribution < -0.4 is 4.90 Å². The molecule has 3 heterocycles. The zero-order valence-electron chi connectivity index (χ0n) is 17.8. The van der Waals surface area contributed by atoms with Crippen LogP contribution in [0.15, 0.2) is 42.7 Å². The van der Waals surface area contributed by atoms with Gasteiger partial charge in [-0.2, -0.15) is 0 Å². The summed E-state index contributed by atoms with van der Waals surface area (Å²) in [6.45, 7) is 5.51. The van der Waals surface area contributed by atoms with Crippen LogP contribution in [0.4, 0.5) is 10.7 Å². The monoisotopic (exact) mass is 424 g/mol. The van der Waals surface area contributed by atoms with Crippen LogP contribution in [0.3, 0.4) is 0 Å². The Labute approximate surface area is 182 Å². The van der Waals surface area contributed by atoms with Crippen LogP contribution in [-0.4, -0.2) is 59.7 Å². The first-order valence-electron chi connectivity index (χ1n) is 10.8. The molecule has 31 heavy (non-hydrogen) atoms. The largest absolute Gasteiger partial charge is 0.462 e. The Bertz CT molecular complexity index is 896. The molecule has 1 amide bonds. The maximum atomic E-state index is 12.5. The molecule has 2 fully saturated rings. The SMILES string of the molecule is CCOC(=O)c1cnc(N2CCC3(CCN(C(=O)OCc4ccccc4)C3)CC2)nc1. The average Bonchev–Trinajstić information content (AvgIpc) is 3.22. The van der Waals surface area contributed by atoms with Crippen LogP contribution in [0.1, 0.15) is 42.1 Å². The number of hydrogen-bond acceptors (Lipinski definition) is 7. The maximum Gasteiger partial charge on any atom is 0.410 e. The molecule has 2 aliphatic heterocycles. The van der Waals surface area contributed by atoms with Gasteiger partial charge in [0.25, 0.3) is 0 Å². The Morgan fingerprint density at radius 2 is 1.68 bits per heavy atom. The number of carbonyl (C=O) groups is 2. The standard InChI is InChI=1S/C23H28N4O4/c1-2-30-20(28)19-14-24-21(25-15-19)26-11-8-23(9-12-26)10-13-27(17-23)22(29)31-16-18-6-4-3-5-7-18/h3-7,14-15H,2,8-13,16-17H2,1H3. The van der Waals surface area contributed by atoms with E-state index in [2.05, 4.69) is 14.9 Å². The zero-order chi connectivity index (χ0) is 21.7. The van der Waals surface area contributed by atoms with Gasteiger partial charge in [0.2, 0.25) is 5.95 Å². The number of piperidine rings is 1. The van der Waals surface area contributed by atoms with E-state index in [1.807, 2.05) is 35.2 Å². The molecular formula is C23H28N4O4. The lowest BCUT2D eigenvalue weighted by Crippen LogP contribution is -2.43. The number of esters is 1. The molecular weight excluding hydrogens is 396 g/mol. The van der Waals surface area contributed by atoms with Gasteiger partial charge in [-0.05, 0) is 37.2 Å². The third kappa shape index (κ3) is 4.95. The fraction of sp³-hybridized carbons (Fsp3) is 0.478. The molecule has 8 heteroatoms. The number of benzene rings is 1. The number of hydrogen-bond donors (Lipinski definition) is 0. The summed E-state index contributed by atoms with van der Waals surface area (Å²) in [5.41, 5.74) is 1.49. The van der Waals surface area contributed by atoms with Crippen molar-refractivity contribution in [2.75, 3.05) is 37.7 Å². The van der Waals surface area contributed by atoms with Crippen LogP contribution in [0, 0.1) is 5.41 Å².